The van der Waals surface area contributed by atoms with Crippen LogP contribution in [-0.4, -0.2) is 47.6 Å². The first-order valence-corrected chi connectivity index (χ1v) is 7.21. The van der Waals surface area contributed by atoms with Crippen molar-refractivity contribution in [2.24, 2.45) is 0 Å². The van der Waals surface area contributed by atoms with E-state index in [1.54, 1.807) is 0 Å². The lowest BCUT2D eigenvalue weighted by atomic mass is 10.2. The Hall–Kier alpha value is -3.06. The molecule has 0 unspecified atom stereocenters. The Morgan fingerprint density at radius 3 is 2.80 bits per heavy atom. The summed E-state index contributed by atoms with van der Waals surface area (Å²) >= 11 is 0. The van der Waals surface area contributed by atoms with E-state index >= 15 is 0 Å². The Labute approximate surface area is 141 Å². The fourth-order valence-electron chi connectivity index (χ4n) is 2.38. The highest BCUT2D eigenvalue weighted by Crippen LogP contribution is 2.30. The highest BCUT2D eigenvalue weighted by Gasteiger charge is 2.40. The molecule has 2 rings (SSSR count). The SMILES string of the molecule is C#Cc1cn([C@@H]2O[C@H](COC(=O)OC)C[C@H]2OC(C)=O)c(=O)[nH]c1=O. The first-order chi connectivity index (χ1) is 11.8. The molecule has 0 saturated carbocycles. The van der Waals surface area contributed by atoms with Gasteiger partial charge in [-0.15, -0.1) is 6.42 Å². The van der Waals surface area contributed by atoms with Crippen molar-refractivity contribution in [1.82, 2.24) is 9.55 Å². The number of aromatic nitrogens is 2. The summed E-state index contributed by atoms with van der Waals surface area (Å²) in [6.45, 7) is 1.04. The minimum atomic E-state index is -1.04. The summed E-state index contributed by atoms with van der Waals surface area (Å²) in [7, 11) is 1.16. The third-order valence-electron chi connectivity index (χ3n) is 3.41. The number of nitrogens with one attached hydrogen (secondary N) is 1. The highest BCUT2D eigenvalue weighted by atomic mass is 16.7. The molecular weight excluding hydrogens is 336 g/mol. The number of carbonyl (C=O) groups is 2. The van der Waals surface area contributed by atoms with Crippen LogP contribution in [0.15, 0.2) is 15.8 Å². The number of esters is 1. The van der Waals surface area contributed by atoms with Crippen molar-refractivity contribution in [3.8, 4) is 12.3 Å². The van der Waals surface area contributed by atoms with E-state index in [-0.39, 0.29) is 18.6 Å². The number of hydrogen-bond acceptors (Lipinski definition) is 8. The molecule has 1 saturated heterocycles. The molecule has 1 aromatic rings. The van der Waals surface area contributed by atoms with Crippen LogP contribution < -0.4 is 11.2 Å². The summed E-state index contributed by atoms with van der Waals surface area (Å²) in [4.78, 5) is 48.0. The summed E-state index contributed by atoms with van der Waals surface area (Å²) in [5.41, 5.74) is -1.57. The standard InChI is InChI=1S/C15H16N2O8/c1-4-9-6-17(14(20)16-12(9)19)13-11(24-8(2)18)5-10(25-13)7-23-15(21)22-3/h1,6,10-11,13H,5,7H2,2-3H3,(H,16,19,20)/t10-,11+,13+/m0/s1. The first-order valence-electron chi connectivity index (χ1n) is 7.21. The number of nitrogens with zero attached hydrogens (tertiary/aromatic N) is 1. The lowest BCUT2D eigenvalue weighted by Crippen LogP contribution is -2.37. The molecule has 0 bridgehead atoms. The second kappa shape index (κ2) is 7.67. The Kier molecular flexibility index (Phi) is 5.61. The number of terminal acetylenes is 1. The van der Waals surface area contributed by atoms with Crippen LogP contribution >= 0.6 is 0 Å². The molecule has 1 fully saturated rings. The van der Waals surface area contributed by atoms with E-state index < -0.39 is 41.8 Å². The van der Waals surface area contributed by atoms with Gasteiger partial charge >= 0.3 is 17.8 Å². The normalized spacial score (nSPS) is 22.0. The van der Waals surface area contributed by atoms with E-state index in [0.29, 0.717) is 0 Å². The van der Waals surface area contributed by atoms with E-state index in [1.807, 2.05) is 0 Å². The minimum absolute atomic E-state index is 0.0842. The summed E-state index contributed by atoms with van der Waals surface area (Å²) in [6, 6.07) is 0. The average molecular weight is 352 g/mol. The molecule has 0 radical (unpaired) electrons. The molecule has 0 spiro atoms. The molecule has 0 amide bonds. The Bertz CT molecular complexity index is 818. The third-order valence-corrected chi connectivity index (χ3v) is 3.41. The predicted molar refractivity (Wildman–Crippen MR) is 81.7 cm³/mol. The van der Waals surface area contributed by atoms with Gasteiger partial charge < -0.3 is 18.9 Å². The van der Waals surface area contributed by atoms with Gasteiger partial charge in [0.25, 0.3) is 5.56 Å². The molecule has 1 N–H and O–H groups in total. The van der Waals surface area contributed by atoms with Crippen molar-refractivity contribution in [1.29, 1.82) is 0 Å². The molecule has 134 valence electrons. The third kappa shape index (κ3) is 4.27. The molecule has 25 heavy (non-hydrogen) atoms. The quantitative estimate of drug-likeness (QED) is 0.569. The van der Waals surface area contributed by atoms with Crippen molar-refractivity contribution in [2.45, 2.75) is 31.8 Å². The van der Waals surface area contributed by atoms with Gasteiger partial charge in [-0.3, -0.25) is 19.1 Å². The van der Waals surface area contributed by atoms with Gasteiger partial charge in [0.05, 0.1) is 13.2 Å². The van der Waals surface area contributed by atoms with Gasteiger partial charge in [-0.1, -0.05) is 5.92 Å². The number of aromatic amines is 1. The zero-order valence-corrected chi connectivity index (χ0v) is 13.5. The van der Waals surface area contributed by atoms with Crippen LogP contribution in [0.4, 0.5) is 4.79 Å². The molecule has 0 aliphatic carbocycles. The largest absolute Gasteiger partial charge is 0.508 e. The average Bonchev–Trinajstić information content (AvgIpc) is 2.94. The lowest BCUT2D eigenvalue weighted by Gasteiger charge is -2.20. The maximum absolute atomic E-state index is 12.1. The second-order valence-corrected chi connectivity index (χ2v) is 5.15. The summed E-state index contributed by atoms with van der Waals surface area (Å²) in [6.07, 6.45) is 3.12. The van der Waals surface area contributed by atoms with Crippen LogP contribution in [-0.2, 0) is 23.7 Å². The fraction of sp³-hybridized carbons (Fsp3) is 0.467. The number of methoxy groups -OCH3 is 1. The van der Waals surface area contributed by atoms with Crippen molar-refractivity contribution >= 4 is 12.1 Å². The first kappa shape index (κ1) is 18.3. The van der Waals surface area contributed by atoms with E-state index in [9.17, 15) is 19.2 Å². The molecule has 10 nitrogen and oxygen atoms in total. The Balaban J connectivity index is 2.28. The predicted octanol–water partition coefficient (Wildman–Crippen LogP) is -0.480. The molecule has 10 heteroatoms. The molecule has 1 aliphatic heterocycles. The molecule has 3 atom stereocenters. The number of ether oxygens (including phenoxy) is 4. The fourth-order valence-corrected chi connectivity index (χ4v) is 2.38. The molecule has 1 aromatic heterocycles. The van der Waals surface area contributed by atoms with Crippen molar-refractivity contribution in [3.05, 3.63) is 32.6 Å². The smallest absolute Gasteiger partial charge is 0.458 e. The van der Waals surface area contributed by atoms with Crippen LogP contribution in [0.25, 0.3) is 0 Å². The molecular formula is C15H16N2O8. The van der Waals surface area contributed by atoms with Gasteiger partial charge in [0.2, 0.25) is 0 Å². The minimum Gasteiger partial charge on any atom is -0.458 e. The molecule has 2 heterocycles. The van der Waals surface area contributed by atoms with Gasteiger partial charge in [-0.25, -0.2) is 9.59 Å². The number of rotatable bonds is 4. The zero-order valence-electron chi connectivity index (χ0n) is 13.5. The molecule has 1 aliphatic rings. The second-order valence-electron chi connectivity index (χ2n) is 5.15. The summed E-state index contributed by atoms with van der Waals surface area (Å²) in [5, 5.41) is 0. The summed E-state index contributed by atoms with van der Waals surface area (Å²) < 4.78 is 21.0. The highest BCUT2D eigenvalue weighted by molar-refractivity contribution is 5.66. The van der Waals surface area contributed by atoms with Crippen LogP contribution in [0.1, 0.15) is 25.1 Å². The van der Waals surface area contributed by atoms with E-state index in [0.717, 1.165) is 17.9 Å². The Morgan fingerprint density at radius 1 is 1.48 bits per heavy atom. The van der Waals surface area contributed by atoms with Crippen LogP contribution in [0, 0.1) is 12.3 Å². The molecule has 0 aromatic carbocycles. The maximum Gasteiger partial charge on any atom is 0.508 e. The number of hydrogen-bond donors (Lipinski definition) is 1. The monoisotopic (exact) mass is 352 g/mol. The van der Waals surface area contributed by atoms with Gasteiger partial charge in [0.15, 0.2) is 6.23 Å². The van der Waals surface area contributed by atoms with E-state index in [1.165, 1.54) is 6.92 Å². The van der Waals surface area contributed by atoms with Crippen LogP contribution in [0.2, 0.25) is 0 Å². The van der Waals surface area contributed by atoms with Gasteiger partial charge in [-0.05, 0) is 0 Å². The van der Waals surface area contributed by atoms with Crippen molar-refractivity contribution in [3.63, 3.8) is 0 Å². The van der Waals surface area contributed by atoms with E-state index in [4.69, 9.17) is 20.6 Å². The summed E-state index contributed by atoms with van der Waals surface area (Å²) in [5.74, 6) is 1.57. The van der Waals surface area contributed by atoms with E-state index in [2.05, 4.69) is 15.6 Å². The van der Waals surface area contributed by atoms with Crippen molar-refractivity contribution in [2.75, 3.05) is 13.7 Å². The Morgan fingerprint density at radius 2 is 2.20 bits per heavy atom. The van der Waals surface area contributed by atoms with Crippen molar-refractivity contribution < 1.29 is 28.5 Å². The maximum atomic E-state index is 12.1. The number of H-pyrrole nitrogens is 1. The number of carbonyl (C=O) groups excluding carboxylic acids is 2. The lowest BCUT2D eigenvalue weighted by molar-refractivity contribution is -0.152. The topological polar surface area (TPSA) is 126 Å². The van der Waals surface area contributed by atoms with Gasteiger partial charge in [0.1, 0.15) is 18.3 Å². The van der Waals surface area contributed by atoms with Gasteiger partial charge in [-0.2, -0.15) is 0 Å². The van der Waals surface area contributed by atoms with Gasteiger partial charge in [0, 0.05) is 19.5 Å². The van der Waals surface area contributed by atoms with Crippen LogP contribution in [0.5, 0.6) is 0 Å². The zero-order chi connectivity index (χ0) is 18.6. The van der Waals surface area contributed by atoms with Crippen LogP contribution in [0.3, 0.4) is 0 Å².